The Morgan fingerprint density at radius 3 is 2.68 bits per heavy atom. The SMILES string of the molecule is CC(C)CCC(C)(O)CNC(=O)NCc1cc(-c2ccccc2)on1. The molecule has 0 aliphatic carbocycles. The molecule has 0 bridgehead atoms. The molecule has 2 rings (SSSR count). The van der Waals surface area contributed by atoms with Crippen LogP contribution >= 0.6 is 0 Å². The largest absolute Gasteiger partial charge is 0.388 e. The molecular weight excluding hydrogens is 318 g/mol. The van der Waals surface area contributed by atoms with Crippen LogP contribution < -0.4 is 10.6 Å². The van der Waals surface area contributed by atoms with Crippen molar-refractivity contribution >= 4 is 6.03 Å². The molecule has 1 aromatic carbocycles. The second-order valence-electron chi connectivity index (χ2n) is 7.01. The van der Waals surface area contributed by atoms with Crippen LogP contribution in [-0.4, -0.2) is 28.4 Å². The molecule has 0 spiro atoms. The zero-order chi connectivity index (χ0) is 18.3. The highest BCUT2D eigenvalue weighted by Gasteiger charge is 2.21. The number of aliphatic hydroxyl groups is 1. The summed E-state index contributed by atoms with van der Waals surface area (Å²) in [5.74, 6) is 1.18. The van der Waals surface area contributed by atoms with Crippen molar-refractivity contribution in [2.75, 3.05) is 6.54 Å². The molecule has 25 heavy (non-hydrogen) atoms. The van der Waals surface area contributed by atoms with Gasteiger partial charge >= 0.3 is 6.03 Å². The van der Waals surface area contributed by atoms with Crippen molar-refractivity contribution in [2.24, 2.45) is 5.92 Å². The van der Waals surface area contributed by atoms with E-state index in [0.29, 0.717) is 23.8 Å². The number of urea groups is 1. The quantitative estimate of drug-likeness (QED) is 0.685. The standard InChI is InChI=1S/C19H27N3O3/c1-14(2)9-10-19(3,24)13-21-18(23)20-12-16-11-17(25-22-16)15-7-5-4-6-8-15/h4-8,11,14,24H,9-10,12-13H2,1-3H3,(H2,20,21,23). The number of aromatic nitrogens is 1. The Morgan fingerprint density at radius 1 is 1.28 bits per heavy atom. The molecule has 1 aromatic heterocycles. The molecule has 6 nitrogen and oxygen atoms in total. The second-order valence-corrected chi connectivity index (χ2v) is 7.01. The molecule has 0 saturated heterocycles. The van der Waals surface area contributed by atoms with E-state index in [1.807, 2.05) is 30.3 Å². The number of benzene rings is 1. The lowest BCUT2D eigenvalue weighted by molar-refractivity contribution is 0.0476. The fraction of sp³-hybridized carbons (Fsp3) is 0.474. The Morgan fingerprint density at radius 2 is 2.00 bits per heavy atom. The van der Waals surface area contributed by atoms with Crippen LogP contribution in [0.5, 0.6) is 0 Å². The summed E-state index contributed by atoms with van der Waals surface area (Å²) >= 11 is 0. The van der Waals surface area contributed by atoms with Gasteiger partial charge in [0.05, 0.1) is 12.1 Å². The number of amides is 2. The fourth-order valence-electron chi connectivity index (χ4n) is 2.33. The zero-order valence-corrected chi connectivity index (χ0v) is 15.1. The lowest BCUT2D eigenvalue weighted by atomic mass is 9.95. The number of carbonyl (C=O) groups excluding carboxylic acids is 1. The maximum atomic E-state index is 11.9. The minimum Gasteiger partial charge on any atom is -0.388 e. The van der Waals surface area contributed by atoms with Crippen LogP contribution in [0.2, 0.25) is 0 Å². The summed E-state index contributed by atoms with van der Waals surface area (Å²) in [5.41, 5.74) is 0.670. The third-order valence-corrected chi connectivity index (χ3v) is 3.94. The van der Waals surface area contributed by atoms with Gasteiger partial charge in [-0.3, -0.25) is 0 Å². The van der Waals surface area contributed by atoms with Crippen LogP contribution in [0.25, 0.3) is 11.3 Å². The Balaban J connectivity index is 1.76. The average Bonchev–Trinajstić information content (AvgIpc) is 3.06. The molecule has 1 atom stereocenters. The van der Waals surface area contributed by atoms with E-state index < -0.39 is 5.60 Å². The van der Waals surface area contributed by atoms with E-state index in [9.17, 15) is 9.90 Å². The van der Waals surface area contributed by atoms with Crippen molar-refractivity contribution in [3.63, 3.8) is 0 Å². The summed E-state index contributed by atoms with van der Waals surface area (Å²) in [6, 6.07) is 11.1. The average molecular weight is 345 g/mol. The Kier molecular flexibility index (Phi) is 6.58. The first kappa shape index (κ1) is 19.0. The molecule has 0 fully saturated rings. The first-order chi connectivity index (χ1) is 11.9. The van der Waals surface area contributed by atoms with Crippen molar-refractivity contribution in [1.29, 1.82) is 0 Å². The van der Waals surface area contributed by atoms with Gasteiger partial charge in [0.15, 0.2) is 5.76 Å². The van der Waals surface area contributed by atoms with Crippen molar-refractivity contribution in [3.05, 3.63) is 42.1 Å². The molecule has 0 saturated carbocycles. The highest BCUT2D eigenvalue weighted by Crippen LogP contribution is 2.19. The summed E-state index contributed by atoms with van der Waals surface area (Å²) in [4.78, 5) is 11.9. The summed E-state index contributed by atoms with van der Waals surface area (Å²) in [5, 5.41) is 19.6. The van der Waals surface area contributed by atoms with E-state index in [0.717, 1.165) is 12.0 Å². The molecule has 136 valence electrons. The normalized spacial score (nSPS) is 13.5. The topological polar surface area (TPSA) is 87.4 Å². The number of nitrogens with zero attached hydrogens (tertiary/aromatic N) is 1. The Bertz CT molecular complexity index is 666. The molecule has 0 aliphatic rings. The molecule has 6 heteroatoms. The highest BCUT2D eigenvalue weighted by atomic mass is 16.5. The summed E-state index contributed by atoms with van der Waals surface area (Å²) < 4.78 is 5.29. The number of hydrogen-bond donors (Lipinski definition) is 3. The van der Waals surface area contributed by atoms with Gasteiger partial charge < -0.3 is 20.3 Å². The minimum atomic E-state index is -0.907. The first-order valence-electron chi connectivity index (χ1n) is 8.61. The van der Waals surface area contributed by atoms with Crippen LogP contribution in [0.1, 0.15) is 39.3 Å². The maximum Gasteiger partial charge on any atom is 0.315 e. The van der Waals surface area contributed by atoms with Gasteiger partial charge in [0.25, 0.3) is 0 Å². The molecule has 3 N–H and O–H groups in total. The second kappa shape index (κ2) is 8.67. The predicted molar refractivity (Wildman–Crippen MR) is 96.9 cm³/mol. The lowest BCUT2D eigenvalue weighted by Crippen LogP contribution is -2.44. The molecule has 2 aromatic rings. The molecule has 2 amide bonds. The van der Waals surface area contributed by atoms with Gasteiger partial charge in [-0.05, 0) is 25.7 Å². The van der Waals surface area contributed by atoms with Gasteiger partial charge in [0.2, 0.25) is 0 Å². The molecule has 1 heterocycles. The van der Waals surface area contributed by atoms with Gasteiger partial charge in [0.1, 0.15) is 5.69 Å². The van der Waals surface area contributed by atoms with Gasteiger partial charge in [-0.15, -0.1) is 0 Å². The number of carbonyl (C=O) groups is 1. The van der Waals surface area contributed by atoms with E-state index in [4.69, 9.17) is 4.52 Å². The van der Waals surface area contributed by atoms with Crippen LogP contribution in [-0.2, 0) is 6.54 Å². The van der Waals surface area contributed by atoms with Crippen LogP contribution in [0.3, 0.4) is 0 Å². The van der Waals surface area contributed by atoms with E-state index in [2.05, 4.69) is 29.6 Å². The van der Waals surface area contributed by atoms with Crippen LogP contribution in [0.4, 0.5) is 4.79 Å². The number of nitrogens with one attached hydrogen (secondary N) is 2. The predicted octanol–water partition coefficient (Wildman–Crippen LogP) is 3.33. The Hall–Kier alpha value is -2.34. The minimum absolute atomic E-state index is 0.208. The molecule has 1 unspecified atom stereocenters. The third-order valence-electron chi connectivity index (χ3n) is 3.94. The smallest absolute Gasteiger partial charge is 0.315 e. The van der Waals surface area contributed by atoms with Crippen LogP contribution in [0.15, 0.2) is 40.9 Å². The molecule has 0 radical (unpaired) electrons. The first-order valence-corrected chi connectivity index (χ1v) is 8.61. The van der Waals surface area contributed by atoms with Gasteiger partial charge in [-0.25, -0.2) is 4.79 Å². The van der Waals surface area contributed by atoms with E-state index in [-0.39, 0.29) is 19.1 Å². The fourth-order valence-corrected chi connectivity index (χ4v) is 2.33. The molecular formula is C19H27N3O3. The molecule has 0 aliphatic heterocycles. The van der Waals surface area contributed by atoms with Gasteiger partial charge in [-0.1, -0.05) is 49.3 Å². The Labute approximate surface area is 148 Å². The van der Waals surface area contributed by atoms with E-state index >= 15 is 0 Å². The number of rotatable bonds is 8. The third kappa shape index (κ3) is 6.58. The van der Waals surface area contributed by atoms with Crippen molar-refractivity contribution in [1.82, 2.24) is 15.8 Å². The summed E-state index contributed by atoms with van der Waals surface area (Å²) in [6.07, 6.45) is 1.56. The zero-order valence-electron chi connectivity index (χ0n) is 15.1. The number of hydrogen-bond acceptors (Lipinski definition) is 4. The lowest BCUT2D eigenvalue weighted by Gasteiger charge is -2.24. The van der Waals surface area contributed by atoms with Gasteiger partial charge in [-0.2, -0.15) is 0 Å². The van der Waals surface area contributed by atoms with Crippen LogP contribution in [0, 0.1) is 5.92 Å². The monoisotopic (exact) mass is 345 g/mol. The van der Waals surface area contributed by atoms with Crippen molar-refractivity contribution in [2.45, 2.75) is 45.8 Å². The van der Waals surface area contributed by atoms with E-state index in [1.165, 1.54) is 0 Å². The summed E-state index contributed by atoms with van der Waals surface area (Å²) in [7, 11) is 0. The highest BCUT2D eigenvalue weighted by molar-refractivity contribution is 5.73. The van der Waals surface area contributed by atoms with Crippen molar-refractivity contribution in [3.8, 4) is 11.3 Å². The van der Waals surface area contributed by atoms with Crippen molar-refractivity contribution < 1.29 is 14.4 Å². The summed E-state index contributed by atoms with van der Waals surface area (Å²) in [6.45, 7) is 6.42. The maximum absolute atomic E-state index is 11.9. The van der Waals surface area contributed by atoms with Gasteiger partial charge in [0, 0.05) is 18.2 Å². The van der Waals surface area contributed by atoms with E-state index in [1.54, 1.807) is 13.0 Å².